The lowest BCUT2D eigenvalue weighted by Crippen LogP contribution is -2.40. The van der Waals surface area contributed by atoms with Gasteiger partial charge in [0, 0.05) is 0 Å². The average Bonchev–Trinajstić information content (AvgIpc) is 2.43. The molecule has 0 aromatic heterocycles. The highest BCUT2D eigenvalue weighted by atomic mass is 32.2. The van der Waals surface area contributed by atoms with Crippen LogP contribution in [0.25, 0.3) is 0 Å². The molecule has 0 fully saturated rings. The zero-order chi connectivity index (χ0) is 16.2. The van der Waals surface area contributed by atoms with Crippen LogP contribution in [0.5, 0.6) is 5.75 Å². The van der Waals surface area contributed by atoms with Gasteiger partial charge in [0.2, 0.25) is 10.0 Å². The third-order valence-corrected chi connectivity index (χ3v) is 4.18. The fourth-order valence-electron chi connectivity index (χ4n) is 1.55. The van der Waals surface area contributed by atoms with Crippen LogP contribution in [0.4, 0.5) is 5.69 Å². The molecule has 1 aromatic carbocycles. The minimum atomic E-state index is -4.35. The number of nitrogens with zero attached hydrogens (tertiary/aromatic N) is 1. The first-order chi connectivity index (χ1) is 9.72. The highest BCUT2D eigenvalue weighted by molar-refractivity contribution is 7.89. The number of hydrogen-bond donors (Lipinski definition) is 2. The number of methoxy groups -OCH3 is 1. The molecule has 0 aliphatic carbocycles. The van der Waals surface area contributed by atoms with E-state index in [1.807, 2.05) is 4.72 Å². The van der Waals surface area contributed by atoms with Crippen molar-refractivity contribution in [3.05, 3.63) is 28.3 Å². The predicted molar refractivity (Wildman–Crippen MR) is 71.7 cm³/mol. The number of nitro groups is 1. The van der Waals surface area contributed by atoms with Crippen LogP contribution in [-0.4, -0.2) is 37.6 Å². The molecule has 0 spiro atoms. The smallest absolute Gasteiger partial charge is 0.321 e. The molecule has 0 aliphatic rings. The summed E-state index contributed by atoms with van der Waals surface area (Å²) in [6, 6.07) is 1.82. The van der Waals surface area contributed by atoms with E-state index in [2.05, 4.69) is 0 Å². The standard InChI is InChI=1S/C11H14N2O7S/c1-3-8(11(14)15)12-21(18,19)10-5-4-7(20-2)6-9(10)13(16)17/h4-6,8,12H,3H2,1-2H3,(H,14,15)/t8-/m0/s1. The molecular formula is C11H14N2O7S. The maximum absolute atomic E-state index is 12.1. The third-order valence-electron chi connectivity index (χ3n) is 2.66. The lowest BCUT2D eigenvalue weighted by Gasteiger charge is -2.13. The first-order valence-electron chi connectivity index (χ1n) is 5.80. The Bertz CT molecular complexity index is 657. The number of nitro benzene ring substituents is 1. The molecule has 0 saturated carbocycles. The quantitative estimate of drug-likeness (QED) is 0.559. The summed E-state index contributed by atoms with van der Waals surface area (Å²) in [4.78, 5) is 20.4. The molecule has 0 heterocycles. The van der Waals surface area contributed by atoms with Gasteiger partial charge in [-0.1, -0.05) is 6.92 Å². The number of carbonyl (C=O) groups is 1. The van der Waals surface area contributed by atoms with E-state index in [9.17, 15) is 23.3 Å². The molecule has 0 radical (unpaired) electrons. The molecule has 21 heavy (non-hydrogen) atoms. The summed E-state index contributed by atoms with van der Waals surface area (Å²) in [6.07, 6.45) is -0.00147. The van der Waals surface area contributed by atoms with Crippen molar-refractivity contribution in [2.45, 2.75) is 24.3 Å². The second kappa shape index (κ2) is 6.50. The fourth-order valence-corrected chi connectivity index (χ4v) is 2.98. The minimum Gasteiger partial charge on any atom is -0.497 e. The number of aliphatic carboxylic acids is 1. The normalized spacial score (nSPS) is 12.7. The number of carboxylic acid groups (broad SMARTS) is 1. The summed E-state index contributed by atoms with van der Waals surface area (Å²) in [5.41, 5.74) is -0.693. The Balaban J connectivity index is 3.31. The Kier molecular flexibility index (Phi) is 5.22. The van der Waals surface area contributed by atoms with Gasteiger partial charge in [-0.2, -0.15) is 4.72 Å². The Morgan fingerprint density at radius 1 is 1.52 bits per heavy atom. The van der Waals surface area contributed by atoms with Gasteiger partial charge < -0.3 is 9.84 Å². The number of nitrogens with one attached hydrogen (secondary N) is 1. The maximum atomic E-state index is 12.1. The summed E-state index contributed by atoms with van der Waals surface area (Å²) in [5.74, 6) is -1.25. The van der Waals surface area contributed by atoms with Crippen molar-refractivity contribution in [3.8, 4) is 5.75 Å². The highest BCUT2D eigenvalue weighted by Crippen LogP contribution is 2.28. The van der Waals surface area contributed by atoms with E-state index in [0.29, 0.717) is 0 Å². The number of benzene rings is 1. The van der Waals surface area contributed by atoms with E-state index >= 15 is 0 Å². The van der Waals surface area contributed by atoms with Crippen molar-refractivity contribution in [2.24, 2.45) is 0 Å². The zero-order valence-electron chi connectivity index (χ0n) is 11.3. The highest BCUT2D eigenvalue weighted by Gasteiger charge is 2.30. The van der Waals surface area contributed by atoms with Crippen molar-refractivity contribution in [1.29, 1.82) is 0 Å². The molecule has 0 unspecified atom stereocenters. The molecule has 1 atom stereocenters. The second-order valence-corrected chi connectivity index (χ2v) is 5.69. The average molecular weight is 318 g/mol. The Morgan fingerprint density at radius 3 is 2.57 bits per heavy atom. The number of rotatable bonds is 7. The Hall–Kier alpha value is -2.20. The Labute approximate surface area is 120 Å². The van der Waals surface area contributed by atoms with Crippen molar-refractivity contribution >= 4 is 21.7 Å². The summed E-state index contributed by atoms with van der Waals surface area (Å²) in [5, 5.41) is 19.8. The van der Waals surface area contributed by atoms with Crippen LogP contribution >= 0.6 is 0 Å². The summed E-state index contributed by atoms with van der Waals surface area (Å²) in [6.45, 7) is 1.48. The van der Waals surface area contributed by atoms with Crippen LogP contribution in [0.15, 0.2) is 23.1 Å². The first kappa shape index (κ1) is 16.9. The molecule has 1 rings (SSSR count). The monoisotopic (exact) mass is 318 g/mol. The molecule has 0 saturated heterocycles. The first-order valence-corrected chi connectivity index (χ1v) is 7.28. The van der Waals surface area contributed by atoms with E-state index in [1.165, 1.54) is 20.1 Å². The molecule has 10 heteroatoms. The van der Waals surface area contributed by atoms with Crippen LogP contribution in [0, 0.1) is 10.1 Å². The predicted octanol–water partition coefficient (Wildman–Crippen LogP) is 0.745. The van der Waals surface area contributed by atoms with E-state index in [0.717, 1.165) is 12.1 Å². The topological polar surface area (TPSA) is 136 Å². The van der Waals surface area contributed by atoms with E-state index in [1.54, 1.807) is 0 Å². The van der Waals surface area contributed by atoms with E-state index < -0.39 is 37.5 Å². The third kappa shape index (κ3) is 3.89. The molecule has 9 nitrogen and oxygen atoms in total. The van der Waals surface area contributed by atoms with Gasteiger partial charge >= 0.3 is 5.97 Å². The van der Waals surface area contributed by atoms with E-state index in [4.69, 9.17) is 9.84 Å². The van der Waals surface area contributed by atoms with Gasteiger partial charge in [0.15, 0.2) is 4.90 Å². The molecule has 2 N–H and O–H groups in total. The maximum Gasteiger partial charge on any atom is 0.321 e. The van der Waals surface area contributed by atoms with Gasteiger partial charge in [0.25, 0.3) is 5.69 Å². The van der Waals surface area contributed by atoms with Crippen molar-refractivity contribution < 1.29 is 28.0 Å². The molecule has 0 amide bonds. The van der Waals surface area contributed by atoms with Crippen LogP contribution in [0.1, 0.15) is 13.3 Å². The molecule has 1 aromatic rings. The van der Waals surface area contributed by atoms with Crippen LogP contribution < -0.4 is 9.46 Å². The fraction of sp³-hybridized carbons (Fsp3) is 0.364. The van der Waals surface area contributed by atoms with Crippen LogP contribution in [-0.2, 0) is 14.8 Å². The van der Waals surface area contributed by atoms with Crippen molar-refractivity contribution in [3.63, 3.8) is 0 Å². The second-order valence-electron chi connectivity index (χ2n) is 4.01. The van der Waals surface area contributed by atoms with Crippen LogP contribution in [0.2, 0.25) is 0 Å². The number of carboxylic acids is 1. The van der Waals surface area contributed by atoms with Gasteiger partial charge in [-0.15, -0.1) is 0 Å². The van der Waals surface area contributed by atoms with E-state index in [-0.39, 0.29) is 12.2 Å². The molecular weight excluding hydrogens is 304 g/mol. The van der Waals surface area contributed by atoms with Gasteiger partial charge in [0.05, 0.1) is 18.1 Å². The number of sulfonamides is 1. The van der Waals surface area contributed by atoms with Crippen molar-refractivity contribution in [1.82, 2.24) is 4.72 Å². The van der Waals surface area contributed by atoms with Gasteiger partial charge in [0.1, 0.15) is 11.8 Å². The molecule has 0 aliphatic heterocycles. The SMILES string of the molecule is CC[C@H](NS(=O)(=O)c1ccc(OC)cc1[N+](=O)[O-])C(=O)O. The molecule has 0 bridgehead atoms. The lowest BCUT2D eigenvalue weighted by atomic mass is 10.2. The van der Waals surface area contributed by atoms with Crippen LogP contribution in [0.3, 0.4) is 0 Å². The zero-order valence-corrected chi connectivity index (χ0v) is 12.1. The molecule has 116 valence electrons. The summed E-state index contributed by atoms with van der Waals surface area (Å²) in [7, 11) is -3.06. The van der Waals surface area contributed by atoms with Gasteiger partial charge in [-0.05, 0) is 18.6 Å². The van der Waals surface area contributed by atoms with Gasteiger partial charge in [-0.3, -0.25) is 14.9 Å². The number of ether oxygens (including phenoxy) is 1. The largest absolute Gasteiger partial charge is 0.497 e. The Morgan fingerprint density at radius 2 is 2.14 bits per heavy atom. The summed E-state index contributed by atoms with van der Waals surface area (Å²) < 4.78 is 30.9. The number of hydrogen-bond acceptors (Lipinski definition) is 6. The van der Waals surface area contributed by atoms with Gasteiger partial charge in [-0.25, -0.2) is 8.42 Å². The minimum absolute atomic E-state index is 0.00147. The van der Waals surface area contributed by atoms with Crippen molar-refractivity contribution in [2.75, 3.05) is 7.11 Å². The summed E-state index contributed by atoms with van der Waals surface area (Å²) >= 11 is 0. The lowest BCUT2D eigenvalue weighted by molar-refractivity contribution is -0.387.